The topological polar surface area (TPSA) is 41.1 Å². The predicted molar refractivity (Wildman–Crippen MR) is 48.1 cm³/mol. The van der Waals surface area contributed by atoms with Crippen molar-refractivity contribution >= 4 is 11.5 Å². The van der Waals surface area contributed by atoms with E-state index in [1.165, 1.54) is 0 Å². The molecule has 0 amide bonds. The average Bonchev–Trinajstić information content (AvgIpc) is 2.04. The van der Waals surface area contributed by atoms with E-state index in [1.807, 2.05) is 11.9 Å². The van der Waals surface area contributed by atoms with Gasteiger partial charge in [-0.1, -0.05) is 6.58 Å². The molecule has 0 aromatic carbocycles. The van der Waals surface area contributed by atoms with Gasteiger partial charge in [0.25, 0.3) is 0 Å². The van der Waals surface area contributed by atoms with Crippen LogP contribution in [0.15, 0.2) is 24.8 Å². The number of hydrogen-bond donors (Lipinski definition) is 1. The quantitative estimate of drug-likeness (QED) is 0.614. The lowest BCUT2D eigenvalue weighted by molar-refractivity contribution is 0.919. The second-order valence-corrected chi connectivity index (χ2v) is 2.84. The van der Waals surface area contributed by atoms with Crippen molar-refractivity contribution in [3.63, 3.8) is 0 Å². The highest BCUT2D eigenvalue weighted by atomic mass is 15.2. The average molecular weight is 162 g/mol. The molecule has 2 heterocycles. The lowest BCUT2D eigenvalue weighted by atomic mass is 10.3. The molecule has 0 fully saturated rings. The maximum Gasteiger partial charge on any atom is 0.155 e. The Bertz CT molecular complexity index is 321. The van der Waals surface area contributed by atoms with Crippen LogP contribution in [0.4, 0.5) is 11.5 Å². The van der Waals surface area contributed by atoms with Gasteiger partial charge in [-0.2, -0.15) is 0 Å². The van der Waals surface area contributed by atoms with Crippen molar-refractivity contribution in [3.8, 4) is 0 Å². The van der Waals surface area contributed by atoms with Gasteiger partial charge in [-0.3, -0.25) is 0 Å². The van der Waals surface area contributed by atoms with Crippen molar-refractivity contribution < 1.29 is 0 Å². The van der Waals surface area contributed by atoms with E-state index in [0.717, 1.165) is 23.7 Å². The fourth-order valence-electron chi connectivity index (χ4n) is 1.31. The highest BCUT2D eigenvalue weighted by Gasteiger charge is 2.15. The number of rotatable bonds is 0. The molecule has 0 atom stereocenters. The highest BCUT2D eigenvalue weighted by Crippen LogP contribution is 2.26. The van der Waals surface area contributed by atoms with Gasteiger partial charge in [0.05, 0.1) is 12.7 Å². The number of anilines is 2. The molecule has 0 unspecified atom stereocenters. The summed E-state index contributed by atoms with van der Waals surface area (Å²) < 4.78 is 0. The van der Waals surface area contributed by atoms with Crippen LogP contribution in [0.25, 0.3) is 0 Å². The van der Waals surface area contributed by atoms with Crippen LogP contribution >= 0.6 is 0 Å². The molecule has 12 heavy (non-hydrogen) atoms. The standard InChI is InChI=1S/C8H10N4/c1-6-4-12(2)8-7(11-6)3-9-5-10-8/h3,5,11H,1,4H2,2H3. The first-order chi connectivity index (χ1) is 5.77. The maximum atomic E-state index is 4.15. The molecule has 1 N–H and O–H groups in total. The zero-order valence-corrected chi connectivity index (χ0v) is 6.91. The SMILES string of the molecule is C=C1CN(C)c2ncncc2N1. The summed E-state index contributed by atoms with van der Waals surface area (Å²) >= 11 is 0. The maximum absolute atomic E-state index is 4.15. The Hall–Kier alpha value is -1.58. The molecule has 1 aliphatic rings. The summed E-state index contributed by atoms with van der Waals surface area (Å²) in [4.78, 5) is 10.1. The summed E-state index contributed by atoms with van der Waals surface area (Å²) in [5.74, 6) is 0.928. The third-order valence-electron chi connectivity index (χ3n) is 1.79. The minimum Gasteiger partial charge on any atom is -0.354 e. The molecule has 0 bridgehead atoms. The number of fused-ring (bicyclic) bond motifs is 1. The first kappa shape index (κ1) is 7.09. The minimum absolute atomic E-state index is 0.796. The molecule has 0 spiro atoms. The molecule has 4 heteroatoms. The molecule has 1 aliphatic heterocycles. The van der Waals surface area contributed by atoms with E-state index >= 15 is 0 Å². The minimum atomic E-state index is 0.796. The summed E-state index contributed by atoms with van der Waals surface area (Å²) in [6.45, 7) is 4.65. The Morgan fingerprint density at radius 1 is 1.67 bits per heavy atom. The lowest BCUT2D eigenvalue weighted by Crippen LogP contribution is -2.29. The molecule has 1 aromatic heterocycles. The van der Waals surface area contributed by atoms with E-state index in [1.54, 1.807) is 12.5 Å². The van der Waals surface area contributed by atoms with Gasteiger partial charge in [0.2, 0.25) is 0 Å². The fraction of sp³-hybridized carbons (Fsp3) is 0.250. The van der Waals surface area contributed by atoms with Gasteiger partial charge in [0.15, 0.2) is 5.82 Å². The van der Waals surface area contributed by atoms with Crippen molar-refractivity contribution in [1.82, 2.24) is 9.97 Å². The molecular formula is C8H10N4. The van der Waals surface area contributed by atoms with Crippen molar-refractivity contribution in [2.24, 2.45) is 0 Å². The van der Waals surface area contributed by atoms with E-state index in [-0.39, 0.29) is 0 Å². The van der Waals surface area contributed by atoms with Crippen molar-refractivity contribution in [2.75, 3.05) is 23.8 Å². The Balaban J connectivity index is 2.47. The van der Waals surface area contributed by atoms with Gasteiger partial charge in [-0.05, 0) is 0 Å². The number of nitrogens with zero attached hydrogens (tertiary/aromatic N) is 3. The first-order valence-electron chi connectivity index (χ1n) is 3.73. The number of aromatic nitrogens is 2. The molecule has 0 radical (unpaired) electrons. The van der Waals surface area contributed by atoms with Crippen LogP contribution in [0.1, 0.15) is 0 Å². The van der Waals surface area contributed by atoms with Gasteiger partial charge >= 0.3 is 0 Å². The largest absolute Gasteiger partial charge is 0.354 e. The van der Waals surface area contributed by atoms with Crippen molar-refractivity contribution in [3.05, 3.63) is 24.8 Å². The first-order valence-corrected chi connectivity index (χ1v) is 3.73. The van der Waals surface area contributed by atoms with Crippen LogP contribution < -0.4 is 10.2 Å². The predicted octanol–water partition coefficient (Wildman–Crippen LogP) is 0.852. The molecule has 1 aromatic rings. The van der Waals surface area contributed by atoms with Crippen LogP contribution in [-0.2, 0) is 0 Å². The zero-order valence-electron chi connectivity index (χ0n) is 6.91. The van der Waals surface area contributed by atoms with E-state index in [0.29, 0.717) is 0 Å². The lowest BCUT2D eigenvalue weighted by Gasteiger charge is -2.27. The van der Waals surface area contributed by atoms with Gasteiger partial charge < -0.3 is 10.2 Å². The van der Waals surface area contributed by atoms with E-state index < -0.39 is 0 Å². The third kappa shape index (κ3) is 1.01. The number of likely N-dealkylation sites (N-methyl/N-ethyl adjacent to an activating group) is 1. The van der Waals surface area contributed by atoms with Crippen LogP contribution in [0.2, 0.25) is 0 Å². The monoisotopic (exact) mass is 162 g/mol. The van der Waals surface area contributed by atoms with Crippen LogP contribution in [0.5, 0.6) is 0 Å². The van der Waals surface area contributed by atoms with Crippen LogP contribution in [-0.4, -0.2) is 23.6 Å². The van der Waals surface area contributed by atoms with Crippen molar-refractivity contribution in [2.45, 2.75) is 0 Å². The fourth-order valence-corrected chi connectivity index (χ4v) is 1.31. The number of nitrogens with one attached hydrogen (secondary N) is 1. The zero-order chi connectivity index (χ0) is 8.55. The summed E-state index contributed by atoms with van der Waals surface area (Å²) in [6, 6.07) is 0. The molecule has 62 valence electrons. The normalized spacial score (nSPS) is 15.4. The molecule has 0 saturated heterocycles. The molecule has 0 saturated carbocycles. The summed E-state index contributed by atoms with van der Waals surface area (Å²) in [6.07, 6.45) is 3.30. The summed E-state index contributed by atoms with van der Waals surface area (Å²) in [7, 11) is 1.98. The number of hydrogen-bond acceptors (Lipinski definition) is 4. The van der Waals surface area contributed by atoms with Gasteiger partial charge in [-0.15, -0.1) is 0 Å². The van der Waals surface area contributed by atoms with Gasteiger partial charge in [0.1, 0.15) is 12.0 Å². The molecular weight excluding hydrogens is 152 g/mol. The summed E-state index contributed by atoms with van der Waals surface area (Å²) in [5, 5.41) is 3.13. The van der Waals surface area contributed by atoms with Crippen LogP contribution in [0.3, 0.4) is 0 Å². The second-order valence-electron chi connectivity index (χ2n) is 2.84. The van der Waals surface area contributed by atoms with E-state index in [4.69, 9.17) is 0 Å². The second kappa shape index (κ2) is 2.48. The van der Waals surface area contributed by atoms with Gasteiger partial charge in [-0.25, -0.2) is 9.97 Å². The summed E-state index contributed by atoms with van der Waals surface area (Å²) in [5.41, 5.74) is 1.90. The highest BCUT2D eigenvalue weighted by molar-refractivity contribution is 5.69. The third-order valence-corrected chi connectivity index (χ3v) is 1.79. The van der Waals surface area contributed by atoms with Gasteiger partial charge in [0, 0.05) is 12.7 Å². The Kier molecular flexibility index (Phi) is 1.46. The Morgan fingerprint density at radius 2 is 2.50 bits per heavy atom. The smallest absolute Gasteiger partial charge is 0.155 e. The van der Waals surface area contributed by atoms with E-state index in [2.05, 4.69) is 21.9 Å². The molecule has 0 aliphatic carbocycles. The van der Waals surface area contributed by atoms with E-state index in [9.17, 15) is 0 Å². The Morgan fingerprint density at radius 3 is 3.33 bits per heavy atom. The Labute approximate surface area is 70.9 Å². The molecule has 4 nitrogen and oxygen atoms in total. The van der Waals surface area contributed by atoms with Crippen molar-refractivity contribution in [1.29, 1.82) is 0 Å². The molecule has 2 rings (SSSR count). The van der Waals surface area contributed by atoms with Crippen LogP contribution in [0, 0.1) is 0 Å².